The lowest BCUT2D eigenvalue weighted by Crippen LogP contribution is -2.30. The second-order valence-corrected chi connectivity index (χ2v) is 7.15. The number of thiophene rings is 1. The Morgan fingerprint density at radius 2 is 1.65 bits per heavy atom. The van der Waals surface area contributed by atoms with Crippen LogP contribution in [0.4, 0.5) is 5.69 Å². The Bertz CT molecular complexity index is 918. The zero-order valence-electron chi connectivity index (χ0n) is 14.6. The molecular formula is C21H19NO3S. The van der Waals surface area contributed by atoms with Gasteiger partial charge in [-0.15, -0.1) is 11.3 Å². The van der Waals surface area contributed by atoms with Crippen LogP contribution < -0.4 is 5.32 Å². The van der Waals surface area contributed by atoms with Crippen LogP contribution in [0.5, 0.6) is 0 Å². The minimum absolute atomic E-state index is 0.366. The van der Waals surface area contributed by atoms with Crippen molar-refractivity contribution in [3.63, 3.8) is 0 Å². The van der Waals surface area contributed by atoms with Crippen LogP contribution in [0.25, 0.3) is 11.1 Å². The molecule has 0 aliphatic heterocycles. The quantitative estimate of drug-likeness (QED) is 0.654. The van der Waals surface area contributed by atoms with E-state index in [4.69, 9.17) is 4.74 Å². The first-order valence-corrected chi connectivity index (χ1v) is 9.09. The van der Waals surface area contributed by atoms with Gasteiger partial charge in [0.15, 0.2) is 6.10 Å². The molecule has 0 saturated heterocycles. The second kappa shape index (κ2) is 7.97. The number of para-hydroxylation sites is 1. The number of anilines is 1. The van der Waals surface area contributed by atoms with Crippen molar-refractivity contribution < 1.29 is 14.3 Å². The van der Waals surface area contributed by atoms with Crippen molar-refractivity contribution in [1.29, 1.82) is 0 Å². The summed E-state index contributed by atoms with van der Waals surface area (Å²) in [6, 6.07) is 20.9. The van der Waals surface area contributed by atoms with Crippen LogP contribution in [0.3, 0.4) is 0 Å². The number of carbonyl (C=O) groups is 2. The fourth-order valence-corrected chi connectivity index (χ4v) is 3.26. The van der Waals surface area contributed by atoms with Gasteiger partial charge in [-0.3, -0.25) is 4.79 Å². The van der Waals surface area contributed by atoms with Crippen molar-refractivity contribution >= 4 is 28.9 Å². The topological polar surface area (TPSA) is 55.4 Å². The fraction of sp³-hybridized carbons (Fsp3) is 0.143. The molecule has 0 saturated carbocycles. The molecule has 3 aromatic rings. The van der Waals surface area contributed by atoms with Gasteiger partial charge < -0.3 is 10.1 Å². The molecule has 2 aromatic carbocycles. The maximum Gasteiger partial charge on any atom is 0.349 e. The number of esters is 1. The lowest BCUT2D eigenvalue weighted by molar-refractivity contribution is -0.123. The van der Waals surface area contributed by atoms with E-state index < -0.39 is 12.1 Å². The van der Waals surface area contributed by atoms with Gasteiger partial charge in [0.05, 0.1) is 0 Å². The van der Waals surface area contributed by atoms with Crippen molar-refractivity contribution in [3.05, 3.63) is 76.5 Å². The predicted molar refractivity (Wildman–Crippen MR) is 104 cm³/mol. The zero-order valence-corrected chi connectivity index (χ0v) is 15.4. The number of amides is 1. The van der Waals surface area contributed by atoms with Gasteiger partial charge in [0.1, 0.15) is 4.88 Å². The number of aryl methyl sites for hydroxylation is 1. The minimum Gasteiger partial charge on any atom is -0.448 e. The maximum atomic E-state index is 12.5. The van der Waals surface area contributed by atoms with Gasteiger partial charge in [0.2, 0.25) is 0 Å². The largest absolute Gasteiger partial charge is 0.448 e. The highest BCUT2D eigenvalue weighted by molar-refractivity contribution is 7.13. The molecule has 26 heavy (non-hydrogen) atoms. The van der Waals surface area contributed by atoms with E-state index in [1.54, 1.807) is 13.0 Å². The van der Waals surface area contributed by atoms with Crippen molar-refractivity contribution in [2.75, 3.05) is 5.32 Å². The molecule has 1 N–H and O–H groups in total. The number of hydrogen-bond donors (Lipinski definition) is 1. The lowest BCUT2D eigenvalue weighted by Gasteiger charge is -2.15. The first-order chi connectivity index (χ1) is 12.5. The Labute approximate surface area is 156 Å². The van der Waals surface area contributed by atoms with Crippen LogP contribution in [0.2, 0.25) is 0 Å². The molecule has 1 heterocycles. The molecule has 0 unspecified atom stereocenters. The minimum atomic E-state index is -0.895. The standard InChI is InChI=1S/C21H19NO3S/c1-14-12-13-19(26-14)21(24)25-15(2)20(23)22-18-11-7-6-10-17(18)16-8-4-3-5-9-16/h3-13,15H,1-2H3,(H,22,23)/t15-/m0/s1. The van der Waals surface area contributed by atoms with E-state index in [-0.39, 0.29) is 5.91 Å². The summed E-state index contributed by atoms with van der Waals surface area (Å²) >= 11 is 1.35. The third kappa shape index (κ3) is 4.18. The van der Waals surface area contributed by atoms with Gasteiger partial charge >= 0.3 is 5.97 Å². The van der Waals surface area contributed by atoms with Crippen molar-refractivity contribution in [1.82, 2.24) is 0 Å². The molecule has 3 rings (SSSR count). The summed E-state index contributed by atoms with van der Waals surface area (Å²) in [7, 11) is 0. The smallest absolute Gasteiger partial charge is 0.349 e. The third-order valence-electron chi connectivity index (χ3n) is 3.86. The second-order valence-electron chi connectivity index (χ2n) is 5.86. The van der Waals surface area contributed by atoms with Crippen LogP contribution in [-0.4, -0.2) is 18.0 Å². The Morgan fingerprint density at radius 1 is 0.962 bits per heavy atom. The SMILES string of the molecule is Cc1ccc(C(=O)O[C@@H](C)C(=O)Nc2ccccc2-c2ccccc2)s1. The van der Waals surface area contributed by atoms with Crippen LogP contribution >= 0.6 is 11.3 Å². The summed E-state index contributed by atoms with van der Waals surface area (Å²) in [6.07, 6.45) is -0.895. The molecule has 1 aromatic heterocycles. The molecule has 132 valence electrons. The highest BCUT2D eigenvalue weighted by atomic mass is 32.1. The number of rotatable bonds is 5. The van der Waals surface area contributed by atoms with Gasteiger partial charge in [-0.25, -0.2) is 4.79 Å². The molecule has 0 spiro atoms. The van der Waals surface area contributed by atoms with Gasteiger partial charge in [-0.2, -0.15) is 0 Å². The molecule has 0 aliphatic rings. The summed E-state index contributed by atoms with van der Waals surface area (Å²) in [5.41, 5.74) is 2.59. The van der Waals surface area contributed by atoms with E-state index in [9.17, 15) is 9.59 Å². The molecule has 0 aliphatic carbocycles. The monoisotopic (exact) mass is 365 g/mol. The molecule has 0 radical (unpaired) electrons. The van der Waals surface area contributed by atoms with Gasteiger partial charge in [0, 0.05) is 16.1 Å². The van der Waals surface area contributed by atoms with Crippen molar-refractivity contribution in [2.24, 2.45) is 0 Å². The molecule has 0 fully saturated rings. The Balaban J connectivity index is 1.71. The average molecular weight is 365 g/mol. The summed E-state index contributed by atoms with van der Waals surface area (Å²) < 4.78 is 5.29. The van der Waals surface area contributed by atoms with Gasteiger partial charge in [-0.1, -0.05) is 48.5 Å². The van der Waals surface area contributed by atoms with E-state index >= 15 is 0 Å². The van der Waals surface area contributed by atoms with Crippen LogP contribution in [0, 0.1) is 6.92 Å². The van der Waals surface area contributed by atoms with Crippen LogP contribution in [0.1, 0.15) is 21.5 Å². The molecule has 1 atom stereocenters. The Morgan fingerprint density at radius 3 is 2.35 bits per heavy atom. The maximum absolute atomic E-state index is 12.5. The molecular weight excluding hydrogens is 346 g/mol. The fourth-order valence-electron chi connectivity index (χ4n) is 2.51. The number of benzene rings is 2. The third-order valence-corrected chi connectivity index (χ3v) is 4.85. The number of hydrogen-bond acceptors (Lipinski definition) is 4. The highest BCUT2D eigenvalue weighted by Gasteiger charge is 2.20. The molecule has 4 nitrogen and oxygen atoms in total. The number of nitrogens with one attached hydrogen (secondary N) is 1. The zero-order chi connectivity index (χ0) is 18.5. The molecule has 1 amide bonds. The summed E-state index contributed by atoms with van der Waals surface area (Å²) in [6.45, 7) is 3.48. The van der Waals surface area contributed by atoms with Crippen LogP contribution in [0.15, 0.2) is 66.7 Å². The normalized spacial score (nSPS) is 11.6. The Kier molecular flexibility index (Phi) is 5.49. The number of carbonyl (C=O) groups excluding carboxylic acids is 2. The highest BCUT2D eigenvalue weighted by Crippen LogP contribution is 2.27. The molecule has 0 bridgehead atoms. The van der Waals surface area contributed by atoms with E-state index in [1.165, 1.54) is 11.3 Å². The Hall–Kier alpha value is -2.92. The number of ether oxygens (including phenoxy) is 1. The summed E-state index contributed by atoms with van der Waals surface area (Å²) in [4.78, 5) is 26.1. The molecule has 5 heteroatoms. The van der Waals surface area contributed by atoms with Gasteiger partial charge in [0.25, 0.3) is 5.91 Å². The summed E-state index contributed by atoms with van der Waals surface area (Å²) in [5, 5.41) is 2.86. The first kappa shape index (κ1) is 17.9. The van der Waals surface area contributed by atoms with Crippen LogP contribution in [-0.2, 0) is 9.53 Å². The van der Waals surface area contributed by atoms with E-state index in [0.29, 0.717) is 10.6 Å². The van der Waals surface area contributed by atoms with E-state index in [2.05, 4.69) is 5.32 Å². The van der Waals surface area contributed by atoms with Gasteiger partial charge in [-0.05, 0) is 37.6 Å². The lowest BCUT2D eigenvalue weighted by atomic mass is 10.0. The first-order valence-electron chi connectivity index (χ1n) is 8.27. The van der Waals surface area contributed by atoms with Crippen molar-refractivity contribution in [3.8, 4) is 11.1 Å². The summed E-state index contributed by atoms with van der Waals surface area (Å²) in [5.74, 6) is -0.850. The average Bonchev–Trinajstić information content (AvgIpc) is 3.09. The van der Waals surface area contributed by atoms with E-state index in [1.807, 2.05) is 67.6 Å². The van der Waals surface area contributed by atoms with Crippen molar-refractivity contribution in [2.45, 2.75) is 20.0 Å². The van der Waals surface area contributed by atoms with E-state index in [0.717, 1.165) is 16.0 Å². The predicted octanol–water partition coefficient (Wildman–Crippen LogP) is 4.91.